The Morgan fingerprint density at radius 2 is 2.15 bits per heavy atom. The standard InChI is InChI=1S/C17H19BrN8O7/c18-7-2-1-6(3-8(7)26(31)32)4-20-24-17-21-10-13(22-16(19)23-14(10)30)25(17)15-12(29)11(28)9(5-27)33-15/h1-4,9,11-12,15,26-29,31H,5H2,(H,21,24)(H3,19,22,23,30)/b20-4-/t9-,11+,12-,15-/m0/s1. The number of H-pyrrole nitrogens is 1. The van der Waals surface area contributed by atoms with E-state index >= 15 is 0 Å². The summed E-state index contributed by atoms with van der Waals surface area (Å²) in [6, 6.07) is 4.55. The molecule has 0 spiro atoms. The van der Waals surface area contributed by atoms with Crippen LogP contribution in [-0.2, 0) is 4.74 Å². The third kappa shape index (κ3) is 4.33. The first kappa shape index (κ1) is 23.2. The fourth-order valence-corrected chi connectivity index (χ4v) is 3.78. The van der Waals surface area contributed by atoms with Crippen LogP contribution in [0.4, 0.5) is 17.6 Å². The predicted octanol–water partition coefficient (Wildman–Crippen LogP) is -2.07. The number of imidazole rings is 1. The first-order chi connectivity index (χ1) is 15.7. The summed E-state index contributed by atoms with van der Waals surface area (Å²) >= 11 is 3.16. The van der Waals surface area contributed by atoms with Gasteiger partial charge in [0.2, 0.25) is 11.9 Å². The van der Waals surface area contributed by atoms with Crippen molar-refractivity contribution in [1.82, 2.24) is 19.5 Å². The number of quaternary nitrogens is 1. The number of aromatic amines is 1. The summed E-state index contributed by atoms with van der Waals surface area (Å²) in [4.78, 5) is 22.8. The van der Waals surface area contributed by atoms with Gasteiger partial charge in [0, 0.05) is 11.6 Å². The highest BCUT2D eigenvalue weighted by Gasteiger charge is 2.45. The lowest BCUT2D eigenvalue weighted by molar-refractivity contribution is -0.991. The third-order valence-electron chi connectivity index (χ3n) is 4.94. The van der Waals surface area contributed by atoms with E-state index in [-0.39, 0.29) is 28.7 Å². The average Bonchev–Trinajstić information content (AvgIpc) is 3.26. The number of nitrogens with one attached hydrogen (secondary N) is 3. The SMILES string of the molecule is Nc1nc2c(nc(N/N=C\c3ccc(Br)c([NH+]([O-])O)c3)n2[C@H]2O[C@@H](CO)[C@@H](O)[C@@H]2O)c(=O)[nH]1. The van der Waals surface area contributed by atoms with Crippen molar-refractivity contribution in [3.8, 4) is 0 Å². The van der Waals surface area contributed by atoms with Crippen molar-refractivity contribution < 1.29 is 30.5 Å². The minimum Gasteiger partial charge on any atom is -0.595 e. The monoisotopic (exact) mass is 526 g/mol. The van der Waals surface area contributed by atoms with Crippen molar-refractivity contribution in [2.75, 3.05) is 17.8 Å². The fourth-order valence-electron chi connectivity index (χ4n) is 3.37. The molecule has 2 aromatic heterocycles. The molecule has 0 radical (unpaired) electrons. The molecule has 9 N–H and O–H groups in total. The van der Waals surface area contributed by atoms with Crippen molar-refractivity contribution in [3.63, 3.8) is 0 Å². The molecule has 1 aromatic carbocycles. The summed E-state index contributed by atoms with van der Waals surface area (Å²) in [5.74, 6) is -0.304. The Balaban J connectivity index is 1.73. The molecule has 15 nitrogen and oxygen atoms in total. The normalized spacial score (nSPS) is 24.1. The lowest BCUT2D eigenvalue weighted by atomic mass is 10.1. The molecular weight excluding hydrogens is 508 g/mol. The summed E-state index contributed by atoms with van der Waals surface area (Å²) < 4.78 is 7.13. The number of hydrogen-bond acceptors (Lipinski definition) is 12. The Bertz CT molecular complexity index is 1260. The van der Waals surface area contributed by atoms with Gasteiger partial charge in [-0.25, -0.2) is 15.6 Å². The first-order valence-electron chi connectivity index (χ1n) is 9.43. The van der Waals surface area contributed by atoms with E-state index in [0.717, 1.165) is 0 Å². The smallest absolute Gasteiger partial charge is 0.280 e. The number of hydrazone groups is 1. The minimum atomic E-state index is -1.49. The molecular formula is C17H19BrN8O7. The van der Waals surface area contributed by atoms with Crippen LogP contribution in [0.1, 0.15) is 11.8 Å². The van der Waals surface area contributed by atoms with Crippen LogP contribution in [-0.4, -0.2) is 71.2 Å². The van der Waals surface area contributed by atoms with Crippen LogP contribution in [0.3, 0.4) is 0 Å². The Kier molecular flexibility index (Phi) is 6.41. The average molecular weight is 527 g/mol. The molecule has 0 aliphatic carbocycles. The summed E-state index contributed by atoms with van der Waals surface area (Å²) in [6.07, 6.45) is -3.96. The summed E-state index contributed by atoms with van der Waals surface area (Å²) in [5, 5.41) is 53.4. The number of nitrogens with zero attached hydrogens (tertiary/aromatic N) is 4. The summed E-state index contributed by atoms with van der Waals surface area (Å²) in [5.41, 5.74) is 7.86. The fraction of sp³-hybridized carbons (Fsp3) is 0.294. The summed E-state index contributed by atoms with van der Waals surface area (Å²) in [6.45, 7) is -0.562. The van der Waals surface area contributed by atoms with Gasteiger partial charge < -0.3 is 31.0 Å². The van der Waals surface area contributed by atoms with Crippen molar-refractivity contribution in [1.29, 1.82) is 0 Å². The predicted molar refractivity (Wildman–Crippen MR) is 117 cm³/mol. The van der Waals surface area contributed by atoms with Gasteiger partial charge in [-0.3, -0.25) is 14.3 Å². The van der Waals surface area contributed by atoms with Crippen LogP contribution in [0.5, 0.6) is 0 Å². The van der Waals surface area contributed by atoms with E-state index in [2.05, 4.69) is 41.4 Å². The van der Waals surface area contributed by atoms with Gasteiger partial charge in [0.15, 0.2) is 23.1 Å². The molecule has 1 saturated heterocycles. The molecule has 16 heteroatoms. The zero-order valence-corrected chi connectivity index (χ0v) is 18.2. The molecule has 1 fully saturated rings. The van der Waals surface area contributed by atoms with E-state index in [0.29, 0.717) is 10.0 Å². The number of hydrogen-bond donors (Lipinski definition) is 8. The second-order valence-corrected chi connectivity index (χ2v) is 7.93. The van der Waals surface area contributed by atoms with Crippen molar-refractivity contribution in [2.24, 2.45) is 5.10 Å². The highest BCUT2D eigenvalue weighted by Crippen LogP contribution is 2.34. The van der Waals surface area contributed by atoms with Crippen LogP contribution < -0.4 is 21.9 Å². The number of nitrogen functional groups attached to an aromatic ring is 1. The largest absolute Gasteiger partial charge is 0.595 e. The Labute approximate surface area is 192 Å². The molecule has 3 aromatic rings. The molecule has 1 aliphatic rings. The molecule has 5 atom stereocenters. The quantitative estimate of drug-likeness (QED) is 0.128. The van der Waals surface area contributed by atoms with Gasteiger partial charge >= 0.3 is 0 Å². The summed E-state index contributed by atoms with van der Waals surface area (Å²) in [7, 11) is 0. The second kappa shape index (κ2) is 9.12. The van der Waals surface area contributed by atoms with Crippen molar-refractivity contribution in [3.05, 3.63) is 43.8 Å². The van der Waals surface area contributed by atoms with Gasteiger partial charge in [0.25, 0.3) is 5.56 Å². The molecule has 1 unspecified atom stereocenters. The van der Waals surface area contributed by atoms with Crippen LogP contribution in [0.2, 0.25) is 0 Å². The molecule has 0 bridgehead atoms. The number of fused-ring (bicyclic) bond motifs is 1. The Morgan fingerprint density at radius 1 is 1.39 bits per heavy atom. The molecule has 0 amide bonds. The highest BCUT2D eigenvalue weighted by molar-refractivity contribution is 9.10. The van der Waals surface area contributed by atoms with Crippen LogP contribution >= 0.6 is 15.9 Å². The first-order valence-corrected chi connectivity index (χ1v) is 10.2. The number of rotatable bonds is 6. The molecule has 4 rings (SSSR count). The maximum Gasteiger partial charge on any atom is 0.280 e. The zero-order valence-electron chi connectivity index (χ0n) is 16.6. The maximum absolute atomic E-state index is 12.3. The number of benzene rings is 1. The van der Waals surface area contributed by atoms with E-state index in [9.17, 15) is 30.5 Å². The van der Waals surface area contributed by atoms with E-state index in [4.69, 9.17) is 10.5 Å². The topological polar surface area (TPSA) is 232 Å². The molecule has 1 aliphatic heterocycles. The van der Waals surface area contributed by atoms with E-state index in [1.807, 2.05) is 0 Å². The van der Waals surface area contributed by atoms with E-state index in [1.165, 1.54) is 16.8 Å². The second-order valence-electron chi connectivity index (χ2n) is 7.07. The van der Waals surface area contributed by atoms with Gasteiger partial charge in [-0.2, -0.15) is 15.3 Å². The maximum atomic E-state index is 12.3. The number of nitrogens with two attached hydrogens (primary N) is 1. The van der Waals surface area contributed by atoms with Gasteiger partial charge in [-0.15, -0.1) is 0 Å². The van der Waals surface area contributed by atoms with Crippen LogP contribution in [0, 0.1) is 5.21 Å². The minimum absolute atomic E-state index is 0.0314. The van der Waals surface area contributed by atoms with E-state index < -0.39 is 41.9 Å². The van der Waals surface area contributed by atoms with Crippen LogP contribution in [0.15, 0.2) is 32.6 Å². The Hall–Kier alpha value is -2.96. The number of aromatic nitrogens is 4. The van der Waals surface area contributed by atoms with Gasteiger partial charge in [0.1, 0.15) is 18.3 Å². The lowest BCUT2D eigenvalue weighted by Crippen LogP contribution is -2.99. The van der Waals surface area contributed by atoms with E-state index in [1.54, 1.807) is 12.1 Å². The number of ether oxygens (including phenoxy) is 1. The van der Waals surface area contributed by atoms with Crippen molar-refractivity contribution >= 4 is 50.9 Å². The molecule has 176 valence electrons. The number of halogens is 1. The number of anilines is 2. The lowest BCUT2D eigenvalue weighted by Gasteiger charge is -2.18. The van der Waals surface area contributed by atoms with Gasteiger partial charge in [-0.1, -0.05) is 6.07 Å². The molecule has 3 heterocycles. The van der Waals surface area contributed by atoms with Crippen molar-refractivity contribution in [2.45, 2.75) is 24.5 Å². The van der Waals surface area contributed by atoms with Gasteiger partial charge in [-0.05, 0) is 22.0 Å². The number of aliphatic hydroxyl groups excluding tert-OH is 3. The Morgan fingerprint density at radius 3 is 2.82 bits per heavy atom. The molecule has 0 saturated carbocycles. The van der Waals surface area contributed by atoms with Gasteiger partial charge in [0.05, 0.1) is 17.3 Å². The van der Waals surface area contributed by atoms with Crippen LogP contribution in [0.25, 0.3) is 11.2 Å². The highest BCUT2D eigenvalue weighted by atomic mass is 79.9. The third-order valence-corrected chi connectivity index (χ3v) is 5.63. The molecule has 33 heavy (non-hydrogen) atoms. The zero-order chi connectivity index (χ0) is 23.9. The number of aliphatic hydroxyl groups is 3.